The number of carbonyl (C=O) groups excluding carboxylic acids is 2. The molecular formula is C22H24FN3O5. The molecule has 0 aromatic heterocycles. The van der Waals surface area contributed by atoms with Crippen LogP contribution < -0.4 is 25.4 Å². The van der Waals surface area contributed by atoms with Gasteiger partial charge in [0.25, 0.3) is 0 Å². The molecule has 9 heteroatoms. The van der Waals surface area contributed by atoms with Crippen molar-refractivity contribution in [2.75, 3.05) is 24.9 Å². The minimum atomic E-state index is -1.50. The van der Waals surface area contributed by atoms with Crippen LogP contribution in [0.1, 0.15) is 18.9 Å². The fourth-order valence-electron chi connectivity index (χ4n) is 4.42. The Bertz CT molecular complexity index is 1040. The molecule has 2 heterocycles. The lowest BCUT2D eigenvalue weighted by atomic mass is 9.79. The van der Waals surface area contributed by atoms with Crippen molar-refractivity contribution in [3.05, 3.63) is 47.8 Å². The fraction of sp³-hybridized carbons (Fsp3) is 0.364. The Morgan fingerprint density at radius 3 is 2.71 bits per heavy atom. The summed E-state index contributed by atoms with van der Waals surface area (Å²) in [4.78, 5) is 26.6. The number of nitrogens with one attached hydrogen (secondary N) is 3. The van der Waals surface area contributed by atoms with Gasteiger partial charge >= 0.3 is 0 Å². The average Bonchev–Trinajstić information content (AvgIpc) is 3.28. The van der Waals surface area contributed by atoms with Crippen LogP contribution in [0.2, 0.25) is 0 Å². The molecule has 2 amide bonds. The van der Waals surface area contributed by atoms with E-state index in [-0.39, 0.29) is 6.42 Å². The molecule has 4 rings (SSSR count). The van der Waals surface area contributed by atoms with E-state index in [0.717, 1.165) is 0 Å². The summed E-state index contributed by atoms with van der Waals surface area (Å²) in [5, 5.41) is 18.9. The number of rotatable bonds is 5. The number of benzene rings is 2. The van der Waals surface area contributed by atoms with E-state index in [1.807, 2.05) is 0 Å². The molecule has 0 bridgehead atoms. The quantitative estimate of drug-likeness (QED) is 0.579. The van der Waals surface area contributed by atoms with Gasteiger partial charge < -0.3 is 25.2 Å². The van der Waals surface area contributed by atoms with E-state index < -0.39 is 41.2 Å². The summed E-state index contributed by atoms with van der Waals surface area (Å²) in [5.74, 6) is -1.42. The van der Waals surface area contributed by atoms with E-state index in [1.54, 1.807) is 25.1 Å². The van der Waals surface area contributed by atoms with Gasteiger partial charge in [0.15, 0.2) is 0 Å². The molecule has 4 atom stereocenters. The largest absolute Gasteiger partial charge is 0.497 e. The molecule has 1 saturated heterocycles. The number of ether oxygens (including phenoxy) is 2. The van der Waals surface area contributed by atoms with Gasteiger partial charge in [0.1, 0.15) is 22.9 Å². The van der Waals surface area contributed by atoms with Crippen molar-refractivity contribution in [1.82, 2.24) is 5.32 Å². The van der Waals surface area contributed by atoms with Crippen LogP contribution in [0, 0.1) is 11.7 Å². The van der Waals surface area contributed by atoms with Crippen molar-refractivity contribution >= 4 is 23.2 Å². The number of aliphatic hydroxyl groups is 1. The summed E-state index contributed by atoms with van der Waals surface area (Å²) in [6.45, 7) is 1.58. The van der Waals surface area contributed by atoms with E-state index in [2.05, 4.69) is 16.0 Å². The second-order valence-corrected chi connectivity index (χ2v) is 7.79. The van der Waals surface area contributed by atoms with E-state index in [9.17, 15) is 19.1 Å². The van der Waals surface area contributed by atoms with Crippen LogP contribution in [0.4, 0.5) is 15.8 Å². The monoisotopic (exact) mass is 429 g/mol. The van der Waals surface area contributed by atoms with Crippen molar-refractivity contribution in [2.45, 2.75) is 31.0 Å². The predicted octanol–water partition coefficient (Wildman–Crippen LogP) is 1.99. The summed E-state index contributed by atoms with van der Waals surface area (Å²) in [6.07, 6.45) is -0.648. The summed E-state index contributed by atoms with van der Waals surface area (Å²) in [7, 11) is 2.98. The number of halogens is 1. The molecular weight excluding hydrogens is 405 g/mol. The zero-order valence-corrected chi connectivity index (χ0v) is 17.4. The molecule has 0 saturated carbocycles. The molecule has 0 unspecified atom stereocenters. The van der Waals surface area contributed by atoms with Gasteiger partial charge in [-0.15, -0.1) is 0 Å². The van der Waals surface area contributed by atoms with Crippen molar-refractivity contribution in [3.63, 3.8) is 0 Å². The van der Waals surface area contributed by atoms with Gasteiger partial charge in [0, 0.05) is 23.4 Å². The Labute approximate surface area is 178 Å². The Morgan fingerprint density at radius 2 is 2.03 bits per heavy atom. The lowest BCUT2D eigenvalue weighted by molar-refractivity contribution is -0.130. The second kappa shape index (κ2) is 7.82. The summed E-state index contributed by atoms with van der Waals surface area (Å²) in [6, 6.07) is 8.38. The van der Waals surface area contributed by atoms with Gasteiger partial charge in [-0.2, -0.15) is 0 Å². The van der Waals surface area contributed by atoms with Gasteiger partial charge in [0.05, 0.1) is 31.9 Å². The number of methoxy groups -OCH3 is 2. The standard InChI is InChI=1S/C22H24FN3O5/c1-11(27)17-10-15(20(28)24-18-9-13(30-2)5-7-19(18)31-3)22(26-17)14-8-12(23)4-6-16(14)25-21(22)29/h4-9,11,15,17,26-27H,10H2,1-3H3,(H,24,28)(H,25,29)/t11-,15-,17+,22-/m0/s1. The second-order valence-electron chi connectivity index (χ2n) is 7.79. The summed E-state index contributed by atoms with van der Waals surface area (Å²) >= 11 is 0. The van der Waals surface area contributed by atoms with Crippen LogP contribution in [0.5, 0.6) is 11.5 Å². The number of amides is 2. The normalized spacial score (nSPS) is 25.1. The molecule has 2 aromatic carbocycles. The van der Waals surface area contributed by atoms with Gasteiger partial charge in [-0.1, -0.05) is 0 Å². The Kier molecular flexibility index (Phi) is 5.32. The molecule has 4 N–H and O–H groups in total. The van der Waals surface area contributed by atoms with E-state index >= 15 is 0 Å². The predicted molar refractivity (Wildman–Crippen MR) is 112 cm³/mol. The zero-order valence-electron chi connectivity index (χ0n) is 17.4. The van der Waals surface area contributed by atoms with Crippen LogP contribution in [0.15, 0.2) is 36.4 Å². The molecule has 1 spiro atoms. The number of fused-ring (bicyclic) bond motifs is 2. The van der Waals surface area contributed by atoms with Gasteiger partial charge in [-0.05, 0) is 43.7 Å². The molecule has 2 aliphatic heterocycles. The first-order valence-electron chi connectivity index (χ1n) is 9.90. The third-order valence-electron chi connectivity index (χ3n) is 6.00. The smallest absolute Gasteiger partial charge is 0.250 e. The molecule has 2 aliphatic rings. The highest BCUT2D eigenvalue weighted by atomic mass is 19.1. The van der Waals surface area contributed by atoms with E-state index in [0.29, 0.717) is 28.4 Å². The first-order chi connectivity index (χ1) is 14.8. The SMILES string of the molecule is COc1ccc(OC)c(NC(=O)[C@@H]2C[C@H]([C@H](C)O)N[C@]23C(=O)Nc2ccc(F)cc23)c1. The Hall–Kier alpha value is -3.17. The third kappa shape index (κ3) is 3.39. The molecule has 2 aromatic rings. The van der Waals surface area contributed by atoms with E-state index in [1.165, 1.54) is 32.4 Å². The number of aliphatic hydroxyl groups excluding tert-OH is 1. The van der Waals surface area contributed by atoms with Gasteiger partial charge in [-0.3, -0.25) is 14.9 Å². The molecule has 0 radical (unpaired) electrons. The first-order valence-corrected chi connectivity index (χ1v) is 9.90. The number of hydrogen-bond donors (Lipinski definition) is 4. The lowest BCUT2D eigenvalue weighted by Crippen LogP contribution is -2.53. The minimum absolute atomic E-state index is 0.180. The maximum Gasteiger partial charge on any atom is 0.250 e. The lowest BCUT2D eigenvalue weighted by Gasteiger charge is -2.29. The Balaban J connectivity index is 1.75. The number of carbonyl (C=O) groups is 2. The summed E-state index contributed by atoms with van der Waals surface area (Å²) in [5.41, 5.74) is -0.351. The van der Waals surface area contributed by atoms with Crippen molar-refractivity contribution < 1.29 is 28.6 Å². The summed E-state index contributed by atoms with van der Waals surface area (Å²) < 4.78 is 24.6. The molecule has 31 heavy (non-hydrogen) atoms. The van der Waals surface area contributed by atoms with E-state index in [4.69, 9.17) is 9.47 Å². The third-order valence-corrected chi connectivity index (χ3v) is 6.00. The molecule has 0 aliphatic carbocycles. The molecule has 1 fully saturated rings. The van der Waals surface area contributed by atoms with Crippen LogP contribution in [0.3, 0.4) is 0 Å². The maximum absolute atomic E-state index is 14.1. The zero-order chi connectivity index (χ0) is 22.3. The highest BCUT2D eigenvalue weighted by Crippen LogP contribution is 2.48. The van der Waals surface area contributed by atoms with Gasteiger partial charge in [-0.25, -0.2) is 4.39 Å². The maximum atomic E-state index is 14.1. The van der Waals surface area contributed by atoms with Crippen molar-refractivity contribution in [1.29, 1.82) is 0 Å². The molecule has 8 nitrogen and oxygen atoms in total. The topological polar surface area (TPSA) is 109 Å². The van der Waals surface area contributed by atoms with Crippen molar-refractivity contribution in [3.8, 4) is 11.5 Å². The van der Waals surface area contributed by atoms with Crippen LogP contribution in [0.25, 0.3) is 0 Å². The molecule has 164 valence electrons. The fourth-order valence-corrected chi connectivity index (χ4v) is 4.42. The number of anilines is 2. The van der Waals surface area contributed by atoms with Gasteiger partial charge in [0.2, 0.25) is 11.8 Å². The highest BCUT2D eigenvalue weighted by Gasteiger charge is 2.60. The first kappa shape index (κ1) is 21.1. The Morgan fingerprint density at radius 1 is 1.26 bits per heavy atom. The number of hydrogen-bond acceptors (Lipinski definition) is 6. The van der Waals surface area contributed by atoms with Crippen molar-refractivity contribution in [2.24, 2.45) is 5.92 Å². The minimum Gasteiger partial charge on any atom is -0.497 e. The van der Waals surface area contributed by atoms with Crippen LogP contribution in [-0.2, 0) is 15.1 Å². The van der Waals surface area contributed by atoms with Crippen LogP contribution >= 0.6 is 0 Å². The van der Waals surface area contributed by atoms with Crippen LogP contribution in [-0.4, -0.2) is 43.3 Å². The highest BCUT2D eigenvalue weighted by molar-refractivity contribution is 6.10. The average molecular weight is 429 g/mol.